The van der Waals surface area contributed by atoms with Crippen LogP contribution in [-0.2, 0) is 9.09 Å². The topological polar surface area (TPSA) is 70.0 Å². The van der Waals surface area contributed by atoms with E-state index < -0.39 is 7.82 Å². The molecule has 0 aliphatic carbocycles. The van der Waals surface area contributed by atoms with Crippen LogP contribution in [0.3, 0.4) is 0 Å². The molecule has 3 unspecified atom stereocenters. The van der Waals surface area contributed by atoms with E-state index in [1.54, 1.807) is 0 Å². The molecule has 3 atom stereocenters. The summed E-state index contributed by atoms with van der Waals surface area (Å²) in [6.45, 7) is 17.2. The van der Waals surface area contributed by atoms with Crippen molar-refractivity contribution in [1.82, 2.24) is 4.90 Å². The van der Waals surface area contributed by atoms with Gasteiger partial charge < -0.3 is 14.7 Å². The van der Waals surface area contributed by atoms with Crippen LogP contribution in [0.25, 0.3) is 0 Å². The SMILES string of the molecule is CC(C)CCCC(C)CCC(COP(=O)(O)O)C(C)CCCC(C)C.CCCCCCCCCCCCN(C)C. The maximum Gasteiger partial charge on any atom is 0.469 e. The molecule has 0 heterocycles. The summed E-state index contributed by atoms with van der Waals surface area (Å²) in [4.78, 5) is 20.3. The lowest BCUT2D eigenvalue weighted by molar-refractivity contribution is 0.132. The average molecular weight is 592 g/mol. The summed E-state index contributed by atoms with van der Waals surface area (Å²) in [6.07, 6.45) is 23.7. The number of nitrogens with zero attached hydrogens (tertiary/aromatic N) is 1. The zero-order chi connectivity index (χ0) is 30.8. The molecule has 0 saturated carbocycles. The summed E-state index contributed by atoms with van der Waals surface area (Å²) in [5, 5.41) is 0. The Morgan fingerprint density at radius 3 is 1.55 bits per heavy atom. The van der Waals surface area contributed by atoms with Crippen molar-refractivity contribution >= 4 is 7.82 Å². The van der Waals surface area contributed by atoms with Crippen molar-refractivity contribution in [3.63, 3.8) is 0 Å². The van der Waals surface area contributed by atoms with Crippen molar-refractivity contribution in [3.8, 4) is 0 Å². The van der Waals surface area contributed by atoms with Gasteiger partial charge in [0.1, 0.15) is 0 Å². The highest BCUT2D eigenvalue weighted by atomic mass is 31.2. The Bertz CT molecular complexity index is 564. The first-order valence-electron chi connectivity index (χ1n) is 17.1. The fourth-order valence-electron chi connectivity index (χ4n) is 5.24. The standard InChI is InChI=1S/C20H43O4P.C14H31N/c1-16(2)9-7-11-18(5)13-14-20(15-24-25(21,22)23)19(6)12-8-10-17(3)4;1-4-5-6-7-8-9-10-11-12-13-14-15(2)3/h16-20H,7-15H2,1-6H3,(H2,21,22,23);4-14H2,1-3H3. The second-order valence-electron chi connectivity index (χ2n) is 13.8. The maximum absolute atomic E-state index is 11.1. The molecule has 0 spiro atoms. The van der Waals surface area contributed by atoms with Crippen molar-refractivity contribution in [2.24, 2.45) is 29.6 Å². The van der Waals surface area contributed by atoms with Crippen LogP contribution in [0.1, 0.15) is 164 Å². The van der Waals surface area contributed by atoms with Gasteiger partial charge in [0.2, 0.25) is 0 Å². The predicted molar refractivity (Wildman–Crippen MR) is 177 cm³/mol. The summed E-state index contributed by atoms with van der Waals surface area (Å²) in [6, 6.07) is 0. The number of phosphoric acid groups is 1. The van der Waals surface area contributed by atoms with E-state index in [0.717, 1.165) is 25.2 Å². The van der Waals surface area contributed by atoms with Gasteiger partial charge in [-0.15, -0.1) is 0 Å². The van der Waals surface area contributed by atoms with Gasteiger partial charge in [-0.1, -0.05) is 151 Å². The molecular weight excluding hydrogens is 517 g/mol. The lowest BCUT2D eigenvalue weighted by Gasteiger charge is -2.26. The second-order valence-corrected chi connectivity index (χ2v) is 15.1. The molecule has 0 bridgehead atoms. The summed E-state index contributed by atoms with van der Waals surface area (Å²) in [5.74, 6) is 2.80. The van der Waals surface area contributed by atoms with Crippen molar-refractivity contribution in [1.29, 1.82) is 0 Å². The smallest absolute Gasteiger partial charge is 0.309 e. The predicted octanol–water partition coefficient (Wildman–Crippen LogP) is 10.9. The van der Waals surface area contributed by atoms with E-state index in [2.05, 4.69) is 67.5 Å². The van der Waals surface area contributed by atoms with Crippen LogP contribution in [-0.4, -0.2) is 41.9 Å². The molecule has 0 saturated heterocycles. The fourth-order valence-corrected chi connectivity index (χ4v) is 5.63. The van der Waals surface area contributed by atoms with Gasteiger partial charge >= 0.3 is 7.82 Å². The first kappa shape index (κ1) is 42.2. The third kappa shape index (κ3) is 34.3. The van der Waals surface area contributed by atoms with E-state index >= 15 is 0 Å². The molecule has 0 aliphatic rings. The van der Waals surface area contributed by atoms with Gasteiger partial charge in [-0.3, -0.25) is 4.52 Å². The molecule has 2 N–H and O–H groups in total. The van der Waals surface area contributed by atoms with Crippen molar-refractivity contribution in [2.75, 3.05) is 27.2 Å². The number of unbranched alkanes of at least 4 members (excludes halogenated alkanes) is 9. The molecule has 0 aromatic carbocycles. The van der Waals surface area contributed by atoms with Gasteiger partial charge in [-0.25, -0.2) is 4.57 Å². The van der Waals surface area contributed by atoms with Gasteiger partial charge in [0, 0.05) is 0 Å². The highest BCUT2D eigenvalue weighted by Crippen LogP contribution is 2.38. The quantitative estimate of drug-likeness (QED) is 0.0773. The molecule has 244 valence electrons. The van der Waals surface area contributed by atoms with E-state index in [4.69, 9.17) is 14.3 Å². The lowest BCUT2D eigenvalue weighted by Crippen LogP contribution is -2.19. The van der Waals surface area contributed by atoms with Gasteiger partial charge in [-0.2, -0.15) is 0 Å². The third-order valence-electron chi connectivity index (χ3n) is 8.17. The van der Waals surface area contributed by atoms with Crippen molar-refractivity contribution in [2.45, 2.75) is 164 Å². The van der Waals surface area contributed by atoms with E-state index in [-0.39, 0.29) is 12.5 Å². The molecule has 0 aromatic heterocycles. The lowest BCUT2D eigenvalue weighted by atomic mass is 9.83. The van der Waals surface area contributed by atoms with Crippen LogP contribution < -0.4 is 0 Å². The minimum atomic E-state index is -4.38. The summed E-state index contributed by atoms with van der Waals surface area (Å²) < 4.78 is 15.9. The zero-order valence-electron chi connectivity index (χ0n) is 28.6. The molecule has 0 aromatic rings. The molecule has 0 radical (unpaired) electrons. The van der Waals surface area contributed by atoms with Gasteiger partial charge in [0.25, 0.3) is 0 Å². The maximum atomic E-state index is 11.1. The van der Waals surface area contributed by atoms with E-state index in [0.29, 0.717) is 17.8 Å². The Kier molecular flexibility index (Phi) is 29.4. The van der Waals surface area contributed by atoms with Crippen molar-refractivity contribution in [3.05, 3.63) is 0 Å². The summed E-state index contributed by atoms with van der Waals surface area (Å²) >= 11 is 0. The second kappa shape index (κ2) is 27.9. The molecule has 0 rings (SSSR count). The first-order valence-corrected chi connectivity index (χ1v) is 18.7. The number of rotatable bonds is 26. The fraction of sp³-hybridized carbons (Fsp3) is 1.00. The van der Waals surface area contributed by atoms with Gasteiger partial charge in [0.05, 0.1) is 6.61 Å². The van der Waals surface area contributed by atoms with E-state index in [1.165, 1.54) is 103 Å². The highest BCUT2D eigenvalue weighted by Gasteiger charge is 2.23. The summed E-state index contributed by atoms with van der Waals surface area (Å²) in [7, 11) is -0.0560. The Hall–Kier alpha value is 0.0700. The van der Waals surface area contributed by atoms with Crippen LogP contribution in [0, 0.1) is 29.6 Å². The monoisotopic (exact) mass is 592 g/mol. The number of hydrogen-bond acceptors (Lipinski definition) is 3. The largest absolute Gasteiger partial charge is 0.469 e. The van der Waals surface area contributed by atoms with Crippen LogP contribution >= 0.6 is 7.82 Å². The number of hydrogen-bond donors (Lipinski definition) is 2. The van der Waals surface area contributed by atoms with E-state index in [1.807, 2.05) is 0 Å². The Labute approximate surface area is 252 Å². The van der Waals surface area contributed by atoms with Crippen LogP contribution in [0.15, 0.2) is 0 Å². The van der Waals surface area contributed by atoms with Gasteiger partial charge in [0.15, 0.2) is 0 Å². The minimum Gasteiger partial charge on any atom is -0.309 e. The first-order chi connectivity index (χ1) is 18.8. The summed E-state index contributed by atoms with van der Waals surface area (Å²) in [5.41, 5.74) is 0. The van der Waals surface area contributed by atoms with Crippen molar-refractivity contribution < 1.29 is 18.9 Å². The third-order valence-corrected chi connectivity index (χ3v) is 8.66. The van der Waals surface area contributed by atoms with Crippen LogP contribution in [0.2, 0.25) is 0 Å². The van der Waals surface area contributed by atoms with E-state index in [9.17, 15) is 4.57 Å². The molecule has 5 nitrogen and oxygen atoms in total. The highest BCUT2D eigenvalue weighted by molar-refractivity contribution is 7.46. The minimum absolute atomic E-state index is 0.172. The molecule has 40 heavy (non-hydrogen) atoms. The normalized spacial score (nSPS) is 14.4. The Morgan fingerprint density at radius 2 is 1.10 bits per heavy atom. The molecule has 6 heteroatoms. The molecular formula is C34H74NO4P. The Morgan fingerprint density at radius 1 is 0.625 bits per heavy atom. The molecule has 0 fully saturated rings. The number of phosphoric ester groups is 1. The van der Waals surface area contributed by atoms with Crippen LogP contribution in [0.4, 0.5) is 0 Å². The van der Waals surface area contributed by atoms with Gasteiger partial charge in [-0.05, 0) is 63.1 Å². The van der Waals surface area contributed by atoms with Crippen LogP contribution in [0.5, 0.6) is 0 Å². The molecule has 0 aliphatic heterocycles. The Balaban J connectivity index is 0. The average Bonchev–Trinajstić information content (AvgIpc) is 2.84. The molecule has 0 amide bonds. The zero-order valence-corrected chi connectivity index (χ0v) is 29.5.